The number of pyridine rings is 1. The Hall–Kier alpha value is -2.78. The van der Waals surface area contributed by atoms with E-state index < -0.39 is 0 Å². The average Bonchev–Trinajstić information content (AvgIpc) is 2.74. The molecule has 148 valence electrons. The number of nitriles is 1. The molecule has 1 aromatic heterocycles. The van der Waals surface area contributed by atoms with Crippen LogP contribution in [0, 0.1) is 11.3 Å². The number of morpholine rings is 1. The van der Waals surface area contributed by atoms with Crippen molar-refractivity contribution < 1.29 is 4.74 Å². The fraction of sp³-hybridized carbons (Fsp3) is 0.333. The Morgan fingerprint density at radius 1 is 1.14 bits per heavy atom. The summed E-state index contributed by atoms with van der Waals surface area (Å²) in [5.74, 6) is 0. The van der Waals surface area contributed by atoms with Gasteiger partial charge in [0, 0.05) is 36.6 Å². The van der Waals surface area contributed by atoms with Crippen molar-refractivity contribution >= 4 is 10.9 Å². The maximum atomic E-state index is 9.31. The number of hydrogen-bond donors (Lipinski definition) is 1. The lowest BCUT2D eigenvalue weighted by Gasteiger charge is -2.27. The third-order valence-electron chi connectivity index (χ3n) is 5.33. The third kappa shape index (κ3) is 4.63. The quantitative estimate of drug-likeness (QED) is 0.726. The lowest BCUT2D eigenvalue weighted by atomic mass is 10.0. The predicted octanol–water partition coefficient (Wildman–Crippen LogP) is 3.50. The molecule has 0 amide bonds. The molecule has 0 radical (unpaired) electrons. The molecule has 1 saturated heterocycles. The van der Waals surface area contributed by atoms with Gasteiger partial charge in [0.2, 0.25) is 0 Å². The van der Waals surface area contributed by atoms with Gasteiger partial charge in [-0.05, 0) is 42.7 Å². The van der Waals surface area contributed by atoms with Crippen LogP contribution in [-0.4, -0.2) is 42.2 Å². The molecule has 5 nitrogen and oxygen atoms in total. The molecule has 2 N–H and O–H groups in total. The molecule has 2 heterocycles. The van der Waals surface area contributed by atoms with Gasteiger partial charge in [0.05, 0.1) is 36.1 Å². The average molecular weight is 386 g/mol. The van der Waals surface area contributed by atoms with Gasteiger partial charge < -0.3 is 10.5 Å². The van der Waals surface area contributed by atoms with E-state index in [1.165, 1.54) is 11.1 Å². The zero-order chi connectivity index (χ0) is 20.2. The zero-order valence-corrected chi connectivity index (χ0v) is 16.8. The van der Waals surface area contributed by atoms with Crippen molar-refractivity contribution in [3.8, 4) is 17.3 Å². The summed E-state index contributed by atoms with van der Waals surface area (Å²) in [4.78, 5) is 7.29. The van der Waals surface area contributed by atoms with Crippen LogP contribution in [-0.2, 0) is 17.7 Å². The number of benzene rings is 2. The Morgan fingerprint density at radius 3 is 2.59 bits per heavy atom. The Bertz CT molecular complexity index is 1030. The molecule has 0 bridgehead atoms. The van der Waals surface area contributed by atoms with E-state index in [4.69, 9.17) is 15.5 Å². The highest BCUT2D eigenvalue weighted by atomic mass is 16.5. The Morgan fingerprint density at radius 2 is 1.90 bits per heavy atom. The van der Waals surface area contributed by atoms with E-state index in [9.17, 15) is 5.26 Å². The van der Waals surface area contributed by atoms with Crippen molar-refractivity contribution in [2.45, 2.75) is 25.9 Å². The SMILES string of the molecule is CC(N)Cc1ccc(-c2cc(CN3CCOCC3)c3ccc(C#N)cc3n2)cc1. The summed E-state index contributed by atoms with van der Waals surface area (Å²) in [6.07, 6.45) is 0.860. The first kappa shape index (κ1) is 19.5. The Balaban J connectivity index is 1.74. The summed E-state index contributed by atoms with van der Waals surface area (Å²) in [6.45, 7) is 6.28. The molecule has 3 aromatic rings. The van der Waals surface area contributed by atoms with E-state index in [0.29, 0.717) is 5.56 Å². The zero-order valence-electron chi connectivity index (χ0n) is 16.8. The summed E-state index contributed by atoms with van der Waals surface area (Å²) in [5.41, 5.74) is 11.9. The molecule has 1 atom stereocenters. The van der Waals surface area contributed by atoms with Crippen LogP contribution in [0.2, 0.25) is 0 Å². The fourth-order valence-corrected chi connectivity index (χ4v) is 3.83. The molecular weight excluding hydrogens is 360 g/mol. The third-order valence-corrected chi connectivity index (χ3v) is 5.33. The summed E-state index contributed by atoms with van der Waals surface area (Å²) >= 11 is 0. The highest BCUT2D eigenvalue weighted by Crippen LogP contribution is 2.27. The summed E-state index contributed by atoms with van der Waals surface area (Å²) in [6, 6.07) is 18.8. The minimum atomic E-state index is 0.143. The van der Waals surface area contributed by atoms with Gasteiger partial charge in [-0.3, -0.25) is 4.90 Å². The molecule has 0 spiro atoms. The molecule has 0 saturated carbocycles. The van der Waals surface area contributed by atoms with Crippen molar-refractivity contribution in [1.29, 1.82) is 5.26 Å². The van der Waals surface area contributed by atoms with Crippen LogP contribution in [0.3, 0.4) is 0 Å². The second-order valence-electron chi connectivity index (χ2n) is 7.78. The number of ether oxygens (including phenoxy) is 1. The van der Waals surface area contributed by atoms with Crippen LogP contribution in [0.4, 0.5) is 0 Å². The monoisotopic (exact) mass is 386 g/mol. The van der Waals surface area contributed by atoms with E-state index in [0.717, 1.165) is 61.4 Å². The second kappa shape index (κ2) is 8.71. The smallest absolute Gasteiger partial charge is 0.0992 e. The van der Waals surface area contributed by atoms with Crippen molar-refractivity contribution in [1.82, 2.24) is 9.88 Å². The van der Waals surface area contributed by atoms with E-state index in [1.54, 1.807) is 0 Å². The maximum absolute atomic E-state index is 9.31. The van der Waals surface area contributed by atoms with Crippen molar-refractivity contribution in [3.05, 3.63) is 65.2 Å². The summed E-state index contributed by atoms with van der Waals surface area (Å²) < 4.78 is 5.49. The lowest BCUT2D eigenvalue weighted by Crippen LogP contribution is -2.35. The Kier molecular flexibility index (Phi) is 5.86. The second-order valence-corrected chi connectivity index (χ2v) is 7.78. The van der Waals surface area contributed by atoms with Crippen LogP contribution in [0.5, 0.6) is 0 Å². The minimum Gasteiger partial charge on any atom is -0.379 e. The molecule has 5 heteroatoms. The first-order chi connectivity index (χ1) is 14.1. The normalized spacial score (nSPS) is 15.9. The first-order valence-electron chi connectivity index (χ1n) is 10.1. The van der Waals surface area contributed by atoms with E-state index >= 15 is 0 Å². The van der Waals surface area contributed by atoms with E-state index in [1.807, 2.05) is 25.1 Å². The molecule has 0 aliphatic carbocycles. The molecular formula is C24H26N4O. The predicted molar refractivity (Wildman–Crippen MR) is 115 cm³/mol. The molecule has 1 aliphatic heterocycles. The lowest BCUT2D eigenvalue weighted by molar-refractivity contribution is 0.0344. The van der Waals surface area contributed by atoms with Crippen LogP contribution in [0.25, 0.3) is 22.2 Å². The van der Waals surface area contributed by atoms with E-state index in [2.05, 4.69) is 41.3 Å². The van der Waals surface area contributed by atoms with Gasteiger partial charge in [-0.1, -0.05) is 30.3 Å². The van der Waals surface area contributed by atoms with Gasteiger partial charge in [-0.25, -0.2) is 4.98 Å². The number of fused-ring (bicyclic) bond motifs is 1. The van der Waals surface area contributed by atoms with Gasteiger partial charge in [0.15, 0.2) is 0 Å². The largest absolute Gasteiger partial charge is 0.379 e. The molecule has 4 rings (SSSR count). The summed E-state index contributed by atoms with van der Waals surface area (Å²) in [7, 11) is 0. The Labute approximate surface area is 171 Å². The molecule has 1 unspecified atom stereocenters. The number of nitrogens with zero attached hydrogens (tertiary/aromatic N) is 3. The number of rotatable bonds is 5. The van der Waals surface area contributed by atoms with Crippen LogP contribution in [0.1, 0.15) is 23.6 Å². The topological polar surface area (TPSA) is 75.2 Å². The van der Waals surface area contributed by atoms with Gasteiger partial charge in [0.25, 0.3) is 0 Å². The number of aromatic nitrogens is 1. The van der Waals surface area contributed by atoms with E-state index in [-0.39, 0.29) is 6.04 Å². The van der Waals surface area contributed by atoms with Gasteiger partial charge >= 0.3 is 0 Å². The van der Waals surface area contributed by atoms with Gasteiger partial charge in [0.1, 0.15) is 0 Å². The minimum absolute atomic E-state index is 0.143. The fourth-order valence-electron chi connectivity index (χ4n) is 3.83. The van der Waals surface area contributed by atoms with Crippen molar-refractivity contribution in [2.75, 3.05) is 26.3 Å². The molecule has 1 fully saturated rings. The van der Waals surface area contributed by atoms with Crippen LogP contribution in [0.15, 0.2) is 48.5 Å². The highest BCUT2D eigenvalue weighted by molar-refractivity contribution is 5.86. The molecule has 29 heavy (non-hydrogen) atoms. The van der Waals surface area contributed by atoms with Crippen LogP contribution >= 0.6 is 0 Å². The van der Waals surface area contributed by atoms with Crippen molar-refractivity contribution in [2.24, 2.45) is 5.73 Å². The van der Waals surface area contributed by atoms with Crippen molar-refractivity contribution in [3.63, 3.8) is 0 Å². The molecule has 1 aliphatic rings. The number of nitrogens with two attached hydrogens (primary N) is 1. The summed E-state index contributed by atoms with van der Waals surface area (Å²) in [5, 5.41) is 10.4. The first-order valence-corrected chi connectivity index (χ1v) is 10.1. The maximum Gasteiger partial charge on any atom is 0.0992 e. The van der Waals surface area contributed by atoms with Gasteiger partial charge in [-0.2, -0.15) is 5.26 Å². The molecule has 2 aromatic carbocycles. The number of hydrogen-bond acceptors (Lipinski definition) is 5. The van der Waals surface area contributed by atoms with Gasteiger partial charge in [-0.15, -0.1) is 0 Å². The standard InChI is InChI=1S/C24H26N4O/c1-17(26)12-18-2-5-20(6-3-18)23-14-21(16-28-8-10-29-11-9-28)22-7-4-19(15-25)13-24(22)27-23/h2-7,13-14,17H,8-12,16,26H2,1H3. The van der Waals surface area contributed by atoms with Crippen LogP contribution < -0.4 is 5.73 Å². The highest BCUT2D eigenvalue weighted by Gasteiger charge is 2.15.